The van der Waals surface area contributed by atoms with Crippen LogP contribution in [0.2, 0.25) is 0 Å². The first-order chi connectivity index (χ1) is 9.00. The fourth-order valence-corrected chi connectivity index (χ4v) is 2.52. The monoisotopic (exact) mass is 259 g/mol. The number of rotatable bonds is 3. The Hall–Kier alpha value is -1.35. The average Bonchev–Trinajstić information content (AvgIpc) is 2.39. The third-order valence-electron chi connectivity index (χ3n) is 3.70. The number of nitrogens with zero attached hydrogens (tertiary/aromatic N) is 2. The summed E-state index contributed by atoms with van der Waals surface area (Å²) in [5.74, 6) is 0. The third-order valence-corrected chi connectivity index (χ3v) is 3.70. The lowest BCUT2D eigenvalue weighted by atomic mass is 9.83. The molecule has 1 aliphatic rings. The third kappa shape index (κ3) is 3.57. The lowest BCUT2D eigenvalue weighted by Crippen LogP contribution is -2.31. The van der Waals surface area contributed by atoms with Crippen molar-refractivity contribution in [2.75, 3.05) is 25.0 Å². The molecule has 104 valence electrons. The lowest BCUT2D eigenvalue weighted by molar-refractivity contribution is 0.472. The molecule has 2 rings (SSSR count). The van der Waals surface area contributed by atoms with Crippen LogP contribution >= 0.6 is 0 Å². The van der Waals surface area contributed by atoms with Crippen molar-refractivity contribution in [2.24, 2.45) is 5.41 Å². The summed E-state index contributed by atoms with van der Waals surface area (Å²) in [7, 11) is 1.95. The molecule has 0 spiro atoms. The summed E-state index contributed by atoms with van der Waals surface area (Å²) in [6.45, 7) is 9.83. The van der Waals surface area contributed by atoms with Crippen LogP contribution in [0.15, 0.2) is 30.0 Å². The van der Waals surface area contributed by atoms with Crippen LogP contribution in [-0.4, -0.2) is 25.1 Å². The molecular weight excluding hydrogens is 234 g/mol. The Morgan fingerprint density at radius 3 is 2.74 bits per heavy atom. The van der Waals surface area contributed by atoms with Gasteiger partial charge in [0, 0.05) is 31.5 Å². The summed E-state index contributed by atoms with van der Waals surface area (Å²) in [5.41, 5.74) is 4.27. The van der Waals surface area contributed by atoms with Crippen molar-refractivity contribution in [3.05, 3.63) is 35.7 Å². The molecule has 0 saturated heterocycles. The molecule has 1 aromatic rings. The van der Waals surface area contributed by atoms with Gasteiger partial charge in [0.05, 0.1) is 5.69 Å². The quantitative estimate of drug-likeness (QED) is 0.846. The van der Waals surface area contributed by atoms with Crippen LogP contribution in [0, 0.1) is 5.41 Å². The zero-order valence-electron chi connectivity index (χ0n) is 12.5. The molecule has 3 heteroatoms. The van der Waals surface area contributed by atoms with Gasteiger partial charge in [0.2, 0.25) is 0 Å². The van der Waals surface area contributed by atoms with Crippen LogP contribution in [0.5, 0.6) is 0 Å². The van der Waals surface area contributed by atoms with Gasteiger partial charge < -0.3 is 10.2 Å². The van der Waals surface area contributed by atoms with E-state index in [9.17, 15) is 0 Å². The Labute approximate surface area is 116 Å². The Bertz CT molecular complexity index is 457. The summed E-state index contributed by atoms with van der Waals surface area (Å²) < 4.78 is 0. The molecule has 1 aromatic heterocycles. The Morgan fingerprint density at radius 1 is 1.37 bits per heavy atom. The highest BCUT2D eigenvalue weighted by Crippen LogP contribution is 2.31. The zero-order valence-corrected chi connectivity index (χ0v) is 12.5. The maximum atomic E-state index is 4.37. The number of nitrogens with one attached hydrogen (secondary N) is 1. The van der Waals surface area contributed by atoms with Crippen molar-refractivity contribution in [1.29, 1.82) is 0 Å². The van der Waals surface area contributed by atoms with Crippen molar-refractivity contribution < 1.29 is 0 Å². The minimum atomic E-state index is 0.307. The minimum Gasteiger partial charge on any atom is -0.367 e. The van der Waals surface area contributed by atoms with E-state index >= 15 is 0 Å². The Kier molecular flexibility index (Phi) is 4.25. The maximum absolute atomic E-state index is 4.37. The van der Waals surface area contributed by atoms with Gasteiger partial charge in [0.25, 0.3) is 0 Å². The fraction of sp³-hybridized carbons (Fsp3) is 0.562. The van der Waals surface area contributed by atoms with Crippen molar-refractivity contribution in [3.63, 3.8) is 0 Å². The summed E-state index contributed by atoms with van der Waals surface area (Å²) >= 11 is 0. The molecule has 0 amide bonds. The van der Waals surface area contributed by atoms with E-state index < -0.39 is 0 Å². The van der Waals surface area contributed by atoms with Crippen LogP contribution in [0.4, 0.5) is 5.69 Å². The van der Waals surface area contributed by atoms with E-state index in [1.54, 1.807) is 5.57 Å². The lowest BCUT2D eigenvalue weighted by Gasteiger charge is -2.33. The highest BCUT2D eigenvalue weighted by Gasteiger charge is 2.21. The molecule has 0 saturated carbocycles. The first kappa shape index (κ1) is 14.1. The molecular formula is C16H25N3. The zero-order chi connectivity index (χ0) is 13.9. The standard InChI is InChI=1S/C16H25N3/c1-16(2,3)13-6-9-19(10-7-13)15-5-8-18-14(11-15)12-17-4/h5-6,8,11,17H,7,9-10,12H2,1-4H3. The average molecular weight is 259 g/mol. The van der Waals surface area contributed by atoms with E-state index in [-0.39, 0.29) is 0 Å². The number of pyridine rings is 1. The van der Waals surface area contributed by atoms with Crippen LogP contribution in [0.1, 0.15) is 32.9 Å². The molecule has 2 heterocycles. The Morgan fingerprint density at radius 2 is 2.16 bits per heavy atom. The van der Waals surface area contributed by atoms with E-state index in [1.165, 1.54) is 5.69 Å². The number of anilines is 1. The van der Waals surface area contributed by atoms with Crippen molar-refractivity contribution in [3.8, 4) is 0 Å². The second-order valence-corrected chi connectivity index (χ2v) is 6.21. The highest BCUT2D eigenvalue weighted by atomic mass is 15.1. The van der Waals surface area contributed by atoms with Gasteiger partial charge in [-0.15, -0.1) is 0 Å². The largest absolute Gasteiger partial charge is 0.367 e. The molecule has 0 aliphatic carbocycles. The van der Waals surface area contributed by atoms with Gasteiger partial charge in [0.15, 0.2) is 0 Å². The molecule has 1 aliphatic heterocycles. The molecule has 0 aromatic carbocycles. The predicted octanol–water partition coefficient (Wildman–Crippen LogP) is 2.98. The second kappa shape index (κ2) is 5.74. The van der Waals surface area contributed by atoms with Gasteiger partial charge in [-0.05, 0) is 31.0 Å². The summed E-state index contributed by atoms with van der Waals surface area (Å²) in [5, 5.41) is 3.15. The van der Waals surface area contributed by atoms with Gasteiger partial charge in [-0.1, -0.05) is 32.4 Å². The van der Waals surface area contributed by atoms with Gasteiger partial charge in [-0.3, -0.25) is 4.98 Å². The number of aromatic nitrogens is 1. The van der Waals surface area contributed by atoms with Crippen LogP contribution in [0.25, 0.3) is 0 Å². The Balaban J connectivity index is 2.09. The molecule has 0 radical (unpaired) electrons. The van der Waals surface area contributed by atoms with Gasteiger partial charge in [0.1, 0.15) is 0 Å². The molecule has 1 N–H and O–H groups in total. The van der Waals surface area contributed by atoms with Gasteiger partial charge in [-0.2, -0.15) is 0 Å². The molecule has 3 nitrogen and oxygen atoms in total. The first-order valence-corrected chi connectivity index (χ1v) is 7.04. The van der Waals surface area contributed by atoms with Crippen LogP contribution < -0.4 is 10.2 Å². The van der Waals surface area contributed by atoms with E-state index in [4.69, 9.17) is 0 Å². The highest BCUT2D eigenvalue weighted by molar-refractivity contribution is 5.48. The first-order valence-electron chi connectivity index (χ1n) is 7.04. The second-order valence-electron chi connectivity index (χ2n) is 6.21. The molecule has 0 fully saturated rings. The minimum absolute atomic E-state index is 0.307. The molecule has 0 atom stereocenters. The smallest absolute Gasteiger partial charge is 0.0562 e. The maximum Gasteiger partial charge on any atom is 0.0562 e. The molecule has 0 bridgehead atoms. The summed E-state index contributed by atoms with van der Waals surface area (Å²) in [6, 6.07) is 4.29. The summed E-state index contributed by atoms with van der Waals surface area (Å²) in [6.07, 6.45) is 5.46. The van der Waals surface area contributed by atoms with Crippen LogP contribution in [0.3, 0.4) is 0 Å². The van der Waals surface area contributed by atoms with E-state index in [0.717, 1.165) is 31.7 Å². The van der Waals surface area contributed by atoms with Gasteiger partial charge >= 0.3 is 0 Å². The van der Waals surface area contributed by atoms with E-state index in [1.807, 2.05) is 13.2 Å². The normalized spacial score (nSPS) is 16.4. The predicted molar refractivity (Wildman–Crippen MR) is 81.4 cm³/mol. The van der Waals surface area contributed by atoms with Crippen molar-refractivity contribution >= 4 is 5.69 Å². The topological polar surface area (TPSA) is 28.2 Å². The number of hydrogen-bond acceptors (Lipinski definition) is 3. The van der Waals surface area contributed by atoms with Crippen LogP contribution in [-0.2, 0) is 6.54 Å². The van der Waals surface area contributed by atoms with Crippen molar-refractivity contribution in [2.45, 2.75) is 33.7 Å². The number of hydrogen-bond donors (Lipinski definition) is 1. The van der Waals surface area contributed by atoms with E-state index in [2.05, 4.69) is 54.2 Å². The van der Waals surface area contributed by atoms with Crippen molar-refractivity contribution in [1.82, 2.24) is 10.3 Å². The summed E-state index contributed by atoms with van der Waals surface area (Å²) in [4.78, 5) is 6.80. The van der Waals surface area contributed by atoms with E-state index in [0.29, 0.717) is 5.41 Å². The molecule has 0 unspecified atom stereocenters. The molecule has 19 heavy (non-hydrogen) atoms. The SMILES string of the molecule is CNCc1cc(N2CC=C(C(C)(C)C)CC2)ccn1. The fourth-order valence-electron chi connectivity index (χ4n) is 2.52. The van der Waals surface area contributed by atoms with Gasteiger partial charge in [-0.25, -0.2) is 0 Å².